The number of aliphatic carboxylic acids is 1. The minimum absolute atomic E-state index is 0.0531. The highest BCUT2D eigenvalue weighted by Crippen LogP contribution is 2.88. The summed E-state index contributed by atoms with van der Waals surface area (Å²) in [5.74, 6) is -2.07. The van der Waals surface area contributed by atoms with Gasteiger partial charge in [0, 0.05) is 24.5 Å². The van der Waals surface area contributed by atoms with Crippen LogP contribution in [0.25, 0.3) is 0 Å². The molecule has 4 amide bonds. The number of hydrogen-bond acceptors (Lipinski definition) is 6. The van der Waals surface area contributed by atoms with E-state index in [-0.39, 0.29) is 51.7 Å². The molecule has 0 radical (unpaired) electrons. The summed E-state index contributed by atoms with van der Waals surface area (Å²) in [5.41, 5.74) is -0.811. The Morgan fingerprint density at radius 3 is 2.00 bits per heavy atom. The lowest BCUT2D eigenvalue weighted by Gasteiger charge is -2.42. The average Bonchev–Trinajstić information content (AvgIpc) is 3.28. The minimum Gasteiger partial charge on any atom is -0.480 e. The Balaban J connectivity index is 1.12. The van der Waals surface area contributed by atoms with Gasteiger partial charge in [-0.1, -0.05) is 86.0 Å². The van der Waals surface area contributed by atoms with Gasteiger partial charge in [-0.3, -0.25) is 24.1 Å². The van der Waals surface area contributed by atoms with Crippen molar-refractivity contribution in [2.45, 2.75) is 180 Å². The van der Waals surface area contributed by atoms with Crippen LogP contribution in [0.15, 0.2) is 0 Å². The molecule has 11 heteroatoms. The van der Waals surface area contributed by atoms with E-state index in [0.29, 0.717) is 31.3 Å². The van der Waals surface area contributed by atoms with E-state index in [0.717, 1.165) is 96.6 Å². The maximum atomic E-state index is 15.2. The zero-order valence-corrected chi connectivity index (χ0v) is 33.9. The molecule has 302 valence electrons. The summed E-state index contributed by atoms with van der Waals surface area (Å²) in [6.45, 7) is 12.6. The van der Waals surface area contributed by atoms with Crippen molar-refractivity contribution in [1.29, 1.82) is 0 Å². The van der Waals surface area contributed by atoms with Crippen LogP contribution in [0.4, 0.5) is 0 Å². The molecule has 1 unspecified atom stereocenters. The number of nitrogens with zero attached hydrogens (tertiary/aromatic N) is 2. The number of carbonyl (C=O) groups is 5. The van der Waals surface area contributed by atoms with Gasteiger partial charge in [-0.15, -0.1) is 0 Å². The molecular formula is C43H69N5O6. The SMILES string of the molecule is CC(C)(C)[C@H](NC(=O)[C@H]1CCCN(C2CCC2)C1)C(=O)N[C@@H](C(=O)N1CC2(C[C@H]1C(=O)N[C@H](CC1CCC1)C(=O)O)C(C)(C)C21CCC1)C1CCCCC1. The summed E-state index contributed by atoms with van der Waals surface area (Å²) in [4.78, 5) is 74.5. The lowest BCUT2D eigenvalue weighted by molar-refractivity contribution is -0.146. The summed E-state index contributed by atoms with van der Waals surface area (Å²) in [7, 11) is 0. The first-order valence-corrected chi connectivity index (χ1v) is 21.8. The van der Waals surface area contributed by atoms with Crippen LogP contribution in [-0.4, -0.2) is 94.3 Å². The highest BCUT2D eigenvalue weighted by atomic mass is 16.4. The van der Waals surface area contributed by atoms with Gasteiger partial charge in [-0.05, 0) is 98.8 Å². The topological polar surface area (TPSA) is 148 Å². The van der Waals surface area contributed by atoms with Crippen LogP contribution in [0.1, 0.15) is 150 Å². The number of rotatable bonds is 12. The van der Waals surface area contributed by atoms with Gasteiger partial charge in [0.05, 0.1) is 5.92 Å². The van der Waals surface area contributed by atoms with Crippen LogP contribution in [-0.2, 0) is 24.0 Å². The molecule has 54 heavy (non-hydrogen) atoms. The molecule has 6 atom stereocenters. The second-order valence-corrected chi connectivity index (χ2v) is 20.4. The van der Waals surface area contributed by atoms with E-state index in [4.69, 9.17) is 0 Å². The molecule has 7 fully saturated rings. The van der Waals surface area contributed by atoms with Crippen LogP contribution >= 0.6 is 0 Å². The maximum Gasteiger partial charge on any atom is 0.326 e. The first kappa shape index (κ1) is 39.5. The smallest absolute Gasteiger partial charge is 0.326 e. The van der Waals surface area contributed by atoms with Crippen molar-refractivity contribution in [1.82, 2.24) is 25.8 Å². The Bertz CT molecular complexity index is 1460. The Labute approximate surface area is 323 Å². The maximum absolute atomic E-state index is 15.2. The molecule has 0 aromatic rings. The summed E-state index contributed by atoms with van der Waals surface area (Å²) in [6.07, 6.45) is 17.3. The fraction of sp³-hybridized carbons (Fsp3) is 0.884. The second kappa shape index (κ2) is 15.0. The van der Waals surface area contributed by atoms with Crippen molar-refractivity contribution >= 4 is 29.6 Å². The van der Waals surface area contributed by atoms with Crippen LogP contribution < -0.4 is 16.0 Å². The third-order valence-corrected chi connectivity index (χ3v) is 16.3. The normalized spacial score (nSPS) is 31.4. The van der Waals surface area contributed by atoms with Crippen LogP contribution in [0.3, 0.4) is 0 Å². The van der Waals surface area contributed by atoms with Crippen molar-refractivity contribution < 1.29 is 29.1 Å². The number of carboxylic acids is 1. The molecule has 0 aromatic heterocycles. The van der Waals surface area contributed by atoms with Crippen molar-refractivity contribution in [3.8, 4) is 0 Å². The monoisotopic (exact) mass is 752 g/mol. The van der Waals surface area contributed by atoms with Gasteiger partial charge in [0.25, 0.3) is 0 Å². The van der Waals surface area contributed by atoms with Gasteiger partial charge in [0.15, 0.2) is 0 Å². The Morgan fingerprint density at radius 2 is 1.46 bits per heavy atom. The van der Waals surface area contributed by atoms with Gasteiger partial charge in [-0.2, -0.15) is 0 Å². The summed E-state index contributed by atoms with van der Waals surface area (Å²) >= 11 is 0. The molecule has 2 heterocycles. The number of hydrogen-bond donors (Lipinski definition) is 4. The van der Waals surface area contributed by atoms with Crippen molar-refractivity contribution in [3.63, 3.8) is 0 Å². The molecule has 11 nitrogen and oxygen atoms in total. The Morgan fingerprint density at radius 1 is 0.778 bits per heavy atom. The number of likely N-dealkylation sites (tertiary alicyclic amines) is 2. The van der Waals surface area contributed by atoms with Gasteiger partial charge in [0.2, 0.25) is 23.6 Å². The highest BCUT2D eigenvalue weighted by Gasteiger charge is 2.85. The number of nitrogens with one attached hydrogen (secondary N) is 3. The fourth-order valence-electron chi connectivity index (χ4n) is 12.1. The predicted molar refractivity (Wildman–Crippen MR) is 206 cm³/mol. The summed E-state index contributed by atoms with van der Waals surface area (Å²) < 4.78 is 0. The first-order valence-electron chi connectivity index (χ1n) is 21.8. The molecule has 7 aliphatic rings. The lowest BCUT2D eigenvalue weighted by Crippen LogP contribution is -2.62. The molecule has 0 aromatic carbocycles. The number of carbonyl (C=O) groups excluding carboxylic acids is 4. The first-order chi connectivity index (χ1) is 25.6. The third-order valence-electron chi connectivity index (χ3n) is 16.3. The van der Waals surface area contributed by atoms with Crippen molar-refractivity contribution in [2.75, 3.05) is 19.6 Å². The molecule has 2 saturated heterocycles. The molecular weight excluding hydrogens is 683 g/mol. The zero-order valence-electron chi connectivity index (χ0n) is 33.9. The van der Waals surface area contributed by atoms with Gasteiger partial charge in [0.1, 0.15) is 24.2 Å². The van der Waals surface area contributed by atoms with E-state index in [2.05, 4.69) is 34.7 Å². The van der Waals surface area contributed by atoms with E-state index in [9.17, 15) is 24.3 Å². The molecule has 5 saturated carbocycles. The molecule has 2 spiro atoms. The van der Waals surface area contributed by atoms with Gasteiger partial charge < -0.3 is 26.0 Å². The average molecular weight is 752 g/mol. The molecule has 4 N–H and O–H groups in total. The highest BCUT2D eigenvalue weighted by molar-refractivity contribution is 5.96. The van der Waals surface area contributed by atoms with Gasteiger partial charge >= 0.3 is 5.97 Å². The molecule has 2 aliphatic heterocycles. The largest absolute Gasteiger partial charge is 0.480 e. The molecule has 0 bridgehead atoms. The Kier molecular flexibility index (Phi) is 11.0. The molecule has 7 rings (SSSR count). The van der Waals surface area contributed by atoms with E-state index >= 15 is 4.79 Å². The lowest BCUT2D eigenvalue weighted by atomic mass is 9.73. The van der Waals surface area contributed by atoms with Crippen LogP contribution in [0.5, 0.6) is 0 Å². The van der Waals surface area contributed by atoms with Gasteiger partial charge in [-0.25, -0.2) is 4.79 Å². The van der Waals surface area contributed by atoms with E-state index in [1.165, 1.54) is 19.3 Å². The Hall–Kier alpha value is -2.69. The van der Waals surface area contributed by atoms with E-state index in [1.54, 1.807) is 4.90 Å². The zero-order chi connectivity index (χ0) is 38.6. The summed E-state index contributed by atoms with van der Waals surface area (Å²) in [5, 5.41) is 19.4. The predicted octanol–water partition coefficient (Wildman–Crippen LogP) is 5.40. The second-order valence-electron chi connectivity index (χ2n) is 20.4. The van der Waals surface area contributed by atoms with E-state index in [1.807, 2.05) is 20.8 Å². The number of fused-ring (bicyclic) bond motifs is 1. The van der Waals surface area contributed by atoms with Crippen LogP contribution in [0.2, 0.25) is 0 Å². The van der Waals surface area contributed by atoms with Crippen molar-refractivity contribution in [3.05, 3.63) is 0 Å². The minimum atomic E-state index is -1.03. The summed E-state index contributed by atoms with van der Waals surface area (Å²) in [6, 6.07) is -2.89. The number of amides is 4. The van der Waals surface area contributed by atoms with E-state index < -0.39 is 35.6 Å². The number of carboxylic acid groups (broad SMARTS) is 1. The third kappa shape index (κ3) is 6.99. The fourth-order valence-corrected chi connectivity index (χ4v) is 12.1. The van der Waals surface area contributed by atoms with Crippen LogP contribution in [0, 0.1) is 39.4 Å². The standard InChI is InChI=1S/C43H69N5O6/c1-40(2,3)34(46-35(49)29-17-11-22-47(25-29)30-18-10-19-30)37(51)45-33(28-15-7-6-8-16-28)38(52)48-26-43(41(4,5)42(43)20-12-21-42)24-32(48)36(50)44-31(39(53)54)23-27-13-9-14-27/h27-34H,6-26H2,1-5H3,(H,44,50)(H,45,51)(H,46,49)(H,53,54)/t29-,31+,32-,33+,34+,43?/m0/s1. The molecule has 5 aliphatic carbocycles. The number of piperidine rings is 1. The van der Waals surface area contributed by atoms with Crippen molar-refractivity contribution in [2.24, 2.45) is 39.4 Å². The quantitative estimate of drug-likeness (QED) is 0.209.